The zero-order chi connectivity index (χ0) is 22.6. The molecule has 7 nitrogen and oxygen atoms in total. The molecule has 5 rings (SSSR count). The molecule has 1 atom stereocenters. The molecule has 4 heterocycles. The Morgan fingerprint density at radius 1 is 1.15 bits per heavy atom. The van der Waals surface area contributed by atoms with Crippen LogP contribution in [0.15, 0.2) is 80.9 Å². The van der Waals surface area contributed by atoms with Crippen molar-refractivity contribution in [2.24, 2.45) is 5.10 Å². The Hall–Kier alpha value is -3.17. The summed E-state index contributed by atoms with van der Waals surface area (Å²) in [5, 5.41) is 17.8. The minimum atomic E-state index is -0.233. The molecule has 0 bridgehead atoms. The Morgan fingerprint density at radius 3 is 2.76 bits per heavy atom. The van der Waals surface area contributed by atoms with E-state index in [1.165, 1.54) is 17.3 Å². The van der Waals surface area contributed by atoms with Gasteiger partial charge in [-0.2, -0.15) is 5.10 Å². The summed E-state index contributed by atoms with van der Waals surface area (Å²) in [7, 11) is 0. The standard InChI is InChI=1S/C24H23N5O2S2/c1-2-28-22(14-17-8-4-3-5-9-17)25-26-24(28)33-16-23(30)29-19(20-10-6-12-31-20)15-18(27-29)21-11-7-13-32-21/h3-13,19H,2,14-16H2,1H3/t19-/m0/s1. The lowest BCUT2D eigenvalue weighted by molar-refractivity contribution is -0.130. The van der Waals surface area contributed by atoms with Crippen LogP contribution in [-0.2, 0) is 17.8 Å². The maximum Gasteiger partial charge on any atom is 0.253 e. The second-order valence-corrected chi connectivity index (χ2v) is 9.48. The molecule has 168 valence electrons. The average Bonchev–Trinajstić information content (AvgIpc) is 3.64. The number of nitrogens with zero attached hydrogens (tertiary/aromatic N) is 5. The fraction of sp³-hybridized carbons (Fsp3) is 0.250. The molecule has 0 N–H and O–H groups in total. The number of carbonyl (C=O) groups is 1. The van der Waals surface area contributed by atoms with E-state index in [9.17, 15) is 4.79 Å². The minimum Gasteiger partial charge on any atom is -0.467 e. The molecule has 0 unspecified atom stereocenters. The average molecular weight is 478 g/mol. The van der Waals surface area contributed by atoms with Crippen molar-refractivity contribution in [1.82, 2.24) is 19.8 Å². The monoisotopic (exact) mass is 477 g/mol. The van der Waals surface area contributed by atoms with Crippen molar-refractivity contribution >= 4 is 34.7 Å². The first-order valence-electron chi connectivity index (χ1n) is 10.8. The summed E-state index contributed by atoms with van der Waals surface area (Å²) in [4.78, 5) is 14.3. The fourth-order valence-corrected chi connectivity index (χ4v) is 5.47. The van der Waals surface area contributed by atoms with Gasteiger partial charge in [-0.05, 0) is 36.1 Å². The lowest BCUT2D eigenvalue weighted by Gasteiger charge is -2.19. The highest BCUT2D eigenvalue weighted by atomic mass is 32.2. The third kappa shape index (κ3) is 4.65. The molecule has 1 aromatic carbocycles. The van der Waals surface area contributed by atoms with Crippen LogP contribution in [0.25, 0.3) is 0 Å². The number of thioether (sulfide) groups is 1. The van der Waals surface area contributed by atoms with Crippen LogP contribution < -0.4 is 0 Å². The maximum absolute atomic E-state index is 13.2. The van der Waals surface area contributed by atoms with Crippen molar-refractivity contribution in [3.05, 3.63) is 88.3 Å². The largest absolute Gasteiger partial charge is 0.467 e. The van der Waals surface area contributed by atoms with E-state index in [-0.39, 0.29) is 17.7 Å². The molecule has 9 heteroatoms. The van der Waals surface area contributed by atoms with Crippen LogP contribution in [0, 0.1) is 0 Å². The Morgan fingerprint density at radius 2 is 2.03 bits per heavy atom. The van der Waals surface area contributed by atoms with Crippen LogP contribution in [-0.4, -0.2) is 37.1 Å². The Labute approximate surface area is 200 Å². The lowest BCUT2D eigenvalue weighted by Crippen LogP contribution is -2.28. The molecule has 1 aliphatic rings. The number of rotatable bonds is 8. The maximum atomic E-state index is 13.2. The second-order valence-electron chi connectivity index (χ2n) is 7.59. The molecule has 3 aromatic heterocycles. The topological polar surface area (TPSA) is 76.5 Å². The third-order valence-corrected chi connectivity index (χ3v) is 7.35. The summed E-state index contributed by atoms with van der Waals surface area (Å²) in [6, 6.07) is 17.7. The number of hydrogen-bond donors (Lipinski definition) is 0. The van der Waals surface area contributed by atoms with Gasteiger partial charge in [-0.25, -0.2) is 5.01 Å². The predicted molar refractivity (Wildman–Crippen MR) is 129 cm³/mol. The van der Waals surface area contributed by atoms with Gasteiger partial charge in [0.1, 0.15) is 17.6 Å². The summed E-state index contributed by atoms with van der Waals surface area (Å²) in [5.41, 5.74) is 2.09. The van der Waals surface area contributed by atoms with Gasteiger partial charge in [0.25, 0.3) is 5.91 Å². The van der Waals surface area contributed by atoms with Gasteiger partial charge >= 0.3 is 0 Å². The van der Waals surface area contributed by atoms with Gasteiger partial charge < -0.3 is 8.98 Å². The number of hydrogen-bond acceptors (Lipinski definition) is 7. The van der Waals surface area contributed by atoms with Crippen LogP contribution in [0.3, 0.4) is 0 Å². The van der Waals surface area contributed by atoms with Gasteiger partial charge in [0.2, 0.25) is 0 Å². The number of hydrazone groups is 1. The zero-order valence-electron chi connectivity index (χ0n) is 18.1. The fourth-order valence-electron chi connectivity index (χ4n) is 3.88. The summed E-state index contributed by atoms with van der Waals surface area (Å²) < 4.78 is 7.69. The smallest absolute Gasteiger partial charge is 0.253 e. The number of aromatic nitrogens is 3. The summed E-state index contributed by atoms with van der Waals surface area (Å²) in [5.74, 6) is 1.78. The first-order valence-corrected chi connectivity index (χ1v) is 12.6. The van der Waals surface area contributed by atoms with E-state index in [0.29, 0.717) is 12.8 Å². The van der Waals surface area contributed by atoms with Crippen molar-refractivity contribution < 1.29 is 9.21 Å². The summed E-state index contributed by atoms with van der Waals surface area (Å²) in [6.07, 6.45) is 2.97. The molecule has 0 spiro atoms. The highest BCUT2D eigenvalue weighted by Gasteiger charge is 2.35. The molecular weight excluding hydrogens is 454 g/mol. The predicted octanol–water partition coefficient (Wildman–Crippen LogP) is 5.01. The first-order chi connectivity index (χ1) is 16.2. The van der Waals surface area contributed by atoms with Gasteiger partial charge in [-0.15, -0.1) is 21.5 Å². The van der Waals surface area contributed by atoms with Gasteiger partial charge in [0, 0.05) is 19.4 Å². The van der Waals surface area contributed by atoms with E-state index in [0.717, 1.165) is 33.9 Å². The normalized spacial score (nSPS) is 15.7. The number of carbonyl (C=O) groups excluding carboxylic acids is 1. The quantitative estimate of drug-likeness (QED) is 0.333. The van der Waals surface area contributed by atoms with E-state index >= 15 is 0 Å². The van der Waals surface area contributed by atoms with Crippen LogP contribution in [0.4, 0.5) is 0 Å². The van der Waals surface area contributed by atoms with Crippen LogP contribution >= 0.6 is 23.1 Å². The molecule has 0 radical (unpaired) electrons. The molecule has 0 saturated heterocycles. The zero-order valence-corrected chi connectivity index (χ0v) is 19.8. The van der Waals surface area contributed by atoms with Crippen molar-refractivity contribution in [3.63, 3.8) is 0 Å². The summed E-state index contributed by atoms with van der Waals surface area (Å²) >= 11 is 3.02. The van der Waals surface area contributed by atoms with Crippen LogP contribution in [0.5, 0.6) is 0 Å². The highest BCUT2D eigenvalue weighted by molar-refractivity contribution is 7.99. The molecule has 4 aromatic rings. The van der Waals surface area contributed by atoms with Crippen molar-refractivity contribution in [1.29, 1.82) is 0 Å². The minimum absolute atomic E-state index is 0.0804. The molecule has 0 saturated carbocycles. The molecule has 0 fully saturated rings. The third-order valence-electron chi connectivity index (χ3n) is 5.48. The molecule has 1 amide bonds. The SMILES string of the molecule is CCn1c(Cc2ccccc2)nnc1SCC(=O)N1N=C(c2cccs2)C[C@H]1c1ccco1. The van der Waals surface area contributed by atoms with Gasteiger partial charge in [0.15, 0.2) is 5.16 Å². The van der Waals surface area contributed by atoms with Crippen LogP contribution in [0.1, 0.15) is 41.4 Å². The Kier molecular flexibility index (Phi) is 6.41. The van der Waals surface area contributed by atoms with Gasteiger partial charge in [0.05, 0.1) is 22.6 Å². The highest BCUT2D eigenvalue weighted by Crippen LogP contribution is 2.34. The van der Waals surface area contributed by atoms with E-state index in [4.69, 9.17) is 4.42 Å². The van der Waals surface area contributed by atoms with E-state index in [1.807, 2.05) is 47.8 Å². The van der Waals surface area contributed by atoms with E-state index in [1.54, 1.807) is 22.6 Å². The van der Waals surface area contributed by atoms with Crippen molar-refractivity contribution in [2.45, 2.75) is 37.5 Å². The second kappa shape index (κ2) is 9.76. The number of amides is 1. The number of benzene rings is 1. The molecular formula is C24H23N5O2S2. The van der Waals surface area contributed by atoms with Gasteiger partial charge in [-0.1, -0.05) is 48.2 Å². The van der Waals surface area contributed by atoms with Crippen LogP contribution in [0.2, 0.25) is 0 Å². The Bertz CT molecular complexity index is 1230. The lowest BCUT2D eigenvalue weighted by atomic mass is 10.1. The van der Waals surface area contributed by atoms with Crippen molar-refractivity contribution in [3.8, 4) is 0 Å². The number of thiophene rings is 1. The molecule has 1 aliphatic heterocycles. The number of furan rings is 1. The van der Waals surface area contributed by atoms with E-state index in [2.05, 4.69) is 38.9 Å². The van der Waals surface area contributed by atoms with Crippen molar-refractivity contribution in [2.75, 3.05) is 5.75 Å². The Balaban J connectivity index is 1.31. The van der Waals surface area contributed by atoms with E-state index < -0.39 is 0 Å². The molecule has 33 heavy (non-hydrogen) atoms. The first kappa shape index (κ1) is 21.7. The van der Waals surface area contributed by atoms with Gasteiger partial charge in [-0.3, -0.25) is 4.79 Å². The summed E-state index contributed by atoms with van der Waals surface area (Å²) in [6.45, 7) is 2.81. The molecule has 0 aliphatic carbocycles.